The van der Waals surface area contributed by atoms with E-state index >= 15 is 0 Å². The van der Waals surface area contributed by atoms with Crippen molar-refractivity contribution in [2.45, 2.75) is 19.4 Å². The average Bonchev–Trinajstić information content (AvgIpc) is 2.40. The Bertz CT molecular complexity index is 476. The number of aromatic nitrogens is 1. The quantitative estimate of drug-likeness (QED) is 0.826. The standard InChI is InChI=1S/C14H19N3/c1-2-7-17-14(8-15)13-10-16-9-11-5-3-4-6-12(11)13/h3-6,9-10,14,17H,2,7-8,15H2,1H3. The van der Waals surface area contributed by atoms with E-state index in [-0.39, 0.29) is 6.04 Å². The van der Waals surface area contributed by atoms with Gasteiger partial charge in [0, 0.05) is 30.4 Å². The molecule has 1 aromatic carbocycles. The van der Waals surface area contributed by atoms with E-state index in [1.807, 2.05) is 18.5 Å². The predicted octanol–water partition coefficient (Wildman–Crippen LogP) is 2.23. The van der Waals surface area contributed by atoms with Crippen LogP contribution in [0.2, 0.25) is 0 Å². The van der Waals surface area contributed by atoms with Crippen molar-refractivity contribution in [3.63, 3.8) is 0 Å². The smallest absolute Gasteiger partial charge is 0.0466 e. The molecular formula is C14H19N3. The number of nitrogens with zero attached hydrogens (tertiary/aromatic N) is 1. The Balaban J connectivity index is 2.38. The molecule has 0 spiro atoms. The van der Waals surface area contributed by atoms with Gasteiger partial charge in [0.25, 0.3) is 0 Å². The maximum absolute atomic E-state index is 5.85. The molecule has 3 heteroatoms. The molecule has 2 rings (SSSR count). The fraction of sp³-hybridized carbons (Fsp3) is 0.357. The Morgan fingerprint density at radius 2 is 2.12 bits per heavy atom. The summed E-state index contributed by atoms with van der Waals surface area (Å²) in [6.45, 7) is 3.72. The van der Waals surface area contributed by atoms with Gasteiger partial charge in [0.2, 0.25) is 0 Å². The van der Waals surface area contributed by atoms with E-state index in [0.717, 1.165) is 13.0 Å². The monoisotopic (exact) mass is 229 g/mol. The Hall–Kier alpha value is -1.45. The van der Waals surface area contributed by atoms with Gasteiger partial charge in [0.1, 0.15) is 0 Å². The van der Waals surface area contributed by atoms with E-state index < -0.39 is 0 Å². The van der Waals surface area contributed by atoms with Gasteiger partial charge in [-0.2, -0.15) is 0 Å². The second-order valence-corrected chi connectivity index (χ2v) is 4.19. The summed E-state index contributed by atoms with van der Waals surface area (Å²) in [5.41, 5.74) is 7.04. The molecule has 1 heterocycles. The summed E-state index contributed by atoms with van der Waals surface area (Å²) in [4.78, 5) is 4.29. The minimum Gasteiger partial charge on any atom is -0.329 e. The number of fused-ring (bicyclic) bond motifs is 1. The molecule has 0 aliphatic rings. The van der Waals surface area contributed by atoms with E-state index in [1.54, 1.807) is 0 Å². The van der Waals surface area contributed by atoms with Crippen molar-refractivity contribution in [3.8, 4) is 0 Å². The van der Waals surface area contributed by atoms with Crippen molar-refractivity contribution >= 4 is 10.8 Å². The molecule has 1 aromatic heterocycles. The molecule has 0 fully saturated rings. The van der Waals surface area contributed by atoms with Crippen LogP contribution in [0.5, 0.6) is 0 Å². The van der Waals surface area contributed by atoms with Crippen LogP contribution < -0.4 is 11.1 Å². The number of hydrogen-bond acceptors (Lipinski definition) is 3. The minimum atomic E-state index is 0.188. The summed E-state index contributed by atoms with van der Waals surface area (Å²) in [7, 11) is 0. The van der Waals surface area contributed by atoms with Crippen LogP contribution in [0.4, 0.5) is 0 Å². The lowest BCUT2D eigenvalue weighted by Gasteiger charge is -2.18. The van der Waals surface area contributed by atoms with E-state index in [0.29, 0.717) is 6.54 Å². The van der Waals surface area contributed by atoms with Gasteiger partial charge in [-0.05, 0) is 23.9 Å². The van der Waals surface area contributed by atoms with Crippen LogP contribution in [0.25, 0.3) is 10.8 Å². The van der Waals surface area contributed by atoms with Crippen molar-refractivity contribution < 1.29 is 0 Å². The minimum absolute atomic E-state index is 0.188. The van der Waals surface area contributed by atoms with Gasteiger partial charge in [-0.1, -0.05) is 31.2 Å². The van der Waals surface area contributed by atoms with Crippen LogP contribution in [0.15, 0.2) is 36.7 Å². The molecule has 0 radical (unpaired) electrons. The van der Waals surface area contributed by atoms with Crippen molar-refractivity contribution in [3.05, 3.63) is 42.2 Å². The lowest BCUT2D eigenvalue weighted by Crippen LogP contribution is -2.29. The number of nitrogens with two attached hydrogens (primary N) is 1. The molecule has 3 nitrogen and oxygen atoms in total. The van der Waals surface area contributed by atoms with Crippen LogP contribution in [0, 0.1) is 0 Å². The molecule has 0 bridgehead atoms. The fourth-order valence-corrected chi connectivity index (χ4v) is 2.06. The topological polar surface area (TPSA) is 50.9 Å². The van der Waals surface area contributed by atoms with Gasteiger partial charge in [-0.3, -0.25) is 4.98 Å². The van der Waals surface area contributed by atoms with Crippen molar-refractivity contribution in [2.75, 3.05) is 13.1 Å². The molecule has 0 aliphatic heterocycles. The van der Waals surface area contributed by atoms with E-state index in [1.165, 1.54) is 16.3 Å². The first kappa shape index (κ1) is 12.0. The molecule has 0 saturated carbocycles. The van der Waals surface area contributed by atoms with E-state index in [9.17, 15) is 0 Å². The number of benzene rings is 1. The van der Waals surface area contributed by atoms with Crippen LogP contribution in [-0.4, -0.2) is 18.1 Å². The third-order valence-electron chi connectivity index (χ3n) is 2.95. The summed E-state index contributed by atoms with van der Waals surface area (Å²) < 4.78 is 0. The highest BCUT2D eigenvalue weighted by atomic mass is 14.9. The zero-order valence-corrected chi connectivity index (χ0v) is 10.2. The lowest BCUT2D eigenvalue weighted by molar-refractivity contribution is 0.542. The highest BCUT2D eigenvalue weighted by molar-refractivity contribution is 5.85. The van der Waals surface area contributed by atoms with Crippen LogP contribution in [0.1, 0.15) is 24.9 Å². The SMILES string of the molecule is CCCNC(CN)c1cncc2ccccc12. The Morgan fingerprint density at radius 1 is 1.29 bits per heavy atom. The summed E-state index contributed by atoms with van der Waals surface area (Å²) >= 11 is 0. The summed E-state index contributed by atoms with van der Waals surface area (Å²) in [6, 6.07) is 8.49. The van der Waals surface area contributed by atoms with E-state index in [2.05, 4.69) is 35.4 Å². The zero-order chi connectivity index (χ0) is 12.1. The first-order valence-electron chi connectivity index (χ1n) is 6.13. The summed E-state index contributed by atoms with van der Waals surface area (Å²) in [6.07, 6.45) is 4.92. The third-order valence-corrected chi connectivity index (χ3v) is 2.95. The Morgan fingerprint density at radius 3 is 2.88 bits per heavy atom. The maximum atomic E-state index is 5.85. The first-order chi connectivity index (χ1) is 8.36. The first-order valence-corrected chi connectivity index (χ1v) is 6.13. The number of rotatable bonds is 5. The second kappa shape index (κ2) is 5.75. The summed E-state index contributed by atoms with van der Waals surface area (Å²) in [5, 5.41) is 5.87. The van der Waals surface area contributed by atoms with E-state index in [4.69, 9.17) is 5.73 Å². The maximum Gasteiger partial charge on any atom is 0.0466 e. The van der Waals surface area contributed by atoms with Gasteiger partial charge in [0.05, 0.1) is 0 Å². The van der Waals surface area contributed by atoms with Gasteiger partial charge in [-0.15, -0.1) is 0 Å². The van der Waals surface area contributed by atoms with Gasteiger partial charge < -0.3 is 11.1 Å². The molecule has 0 saturated heterocycles. The molecule has 0 amide bonds. The number of hydrogen-bond donors (Lipinski definition) is 2. The average molecular weight is 229 g/mol. The third kappa shape index (κ3) is 2.62. The molecule has 90 valence electrons. The molecule has 17 heavy (non-hydrogen) atoms. The summed E-state index contributed by atoms with van der Waals surface area (Å²) in [5.74, 6) is 0. The lowest BCUT2D eigenvalue weighted by atomic mass is 10.0. The Kier molecular flexibility index (Phi) is 4.07. The van der Waals surface area contributed by atoms with Crippen molar-refractivity contribution in [1.82, 2.24) is 10.3 Å². The molecule has 3 N–H and O–H groups in total. The van der Waals surface area contributed by atoms with Gasteiger partial charge >= 0.3 is 0 Å². The Labute approximate surface area is 102 Å². The highest BCUT2D eigenvalue weighted by Crippen LogP contribution is 2.22. The molecule has 0 aliphatic carbocycles. The largest absolute Gasteiger partial charge is 0.329 e. The number of nitrogens with one attached hydrogen (secondary N) is 1. The van der Waals surface area contributed by atoms with Crippen LogP contribution >= 0.6 is 0 Å². The van der Waals surface area contributed by atoms with Crippen molar-refractivity contribution in [2.24, 2.45) is 5.73 Å². The highest BCUT2D eigenvalue weighted by Gasteiger charge is 2.11. The molecule has 1 atom stereocenters. The predicted molar refractivity (Wildman–Crippen MR) is 71.8 cm³/mol. The molecule has 1 unspecified atom stereocenters. The van der Waals surface area contributed by atoms with Gasteiger partial charge in [-0.25, -0.2) is 0 Å². The van der Waals surface area contributed by atoms with Crippen molar-refractivity contribution in [1.29, 1.82) is 0 Å². The normalized spacial score (nSPS) is 12.8. The van der Waals surface area contributed by atoms with Crippen LogP contribution in [-0.2, 0) is 0 Å². The van der Waals surface area contributed by atoms with Crippen LogP contribution in [0.3, 0.4) is 0 Å². The number of pyridine rings is 1. The zero-order valence-electron chi connectivity index (χ0n) is 10.2. The fourth-order valence-electron chi connectivity index (χ4n) is 2.06. The second-order valence-electron chi connectivity index (χ2n) is 4.19. The van der Waals surface area contributed by atoms with Gasteiger partial charge in [0.15, 0.2) is 0 Å². The molecular weight excluding hydrogens is 210 g/mol. The molecule has 2 aromatic rings.